The first-order valence-corrected chi connectivity index (χ1v) is 8.42. The quantitative estimate of drug-likeness (QED) is 0.546. The number of rotatable bonds is 6. The number of hydrogen-bond donors (Lipinski definition) is 4. The zero-order valence-electron chi connectivity index (χ0n) is 13.5. The van der Waals surface area contributed by atoms with Crippen molar-refractivity contribution in [3.63, 3.8) is 0 Å². The maximum absolute atomic E-state index is 11.2. The average Bonchev–Trinajstić information content (AvgIpc) is 3.19. The molecule has 0 aromatic heterocycles. The zero-order chi connectivity index (χ0) is 17.6. The molecule has 24 heavy (non-hydrogen) atoms. The van der Waals surface area contributed by atoms with E-state index in [2.05, 4.69) is 0 Å². The maximum atomic E-state index is 11.2. The summed E-state index contributed by atoms with van der Waals surface area (Å²) < 4.78 is 0. The first-order chi connectivity index (χ1) is 11.4. The number of aliphatic hydroxyl groups is 2. The molecule has 3 rings (SSSR count). The Labute approximate surface area is 140 Å². The van der Waals surface area contributed by atoms with Gasteiger partial charge in [0.2, 0.25) is 0 Å². The lowest BCUT2D eigenvalue weighted by atomic mass is 9.50. The predicted molar refractivity (Wildman–Crippen MR) is 85.1 cm³/mol. The number of aliphatic carboxylic acids is 2. The monoisotopic (exact) mass is 336 g/mol. The van der Waals surface area contributed by atoms with Gasteiger partial charge in [-0.2, -0.15) is 0 Å². The first kappa shape index (κ1) is 17.2. The van der Waals surface area contributed by atoms with Crippen molar-refractivity contribution in [2.45, 2.75) is 32.1 Å². The lowest BCUT2D eigenvalue weighted by Gasteiger charge is -2.54. The molecule has 3 fully saturated rings. The summed E-state index contributed by atoms with van der Waals surface area (Å²) in [6.07, 6.45) is 9.55. The van der Waals surface area contributed by atoms with Gasteiger partial charge in [-0.1, -0.05) is 12.2 Å². The van der Waals surface area contributed by atoms with E-state index in [4.69, 9.17) is 10.2 Å². The van der Waals surface area contributed by atoms with Crippen LogP contribution in [0.3, 0.4) is 0 Å². The van der Waals surface area contributed by atoms with Gasteiger partial charge >= 0.3 is 11.9 Å². The van der Waals surface area contributed by atoms with Crippen LogP contribution in [0.25, 0.3) is 0 Å². The number of carboxylic acid groups (broad SMARTS) is 2. The van der Waals surface area contributed by atoms with Crippen molar-refractivity contribution in [2.75, 3.05) is 13.2 Å². The zero-order valence-corrected chi connectivity index (χ0v) is 13.5. The Kier molecular flexibility index (Phi) is 4.08. The number of aliphatic hydroxyl groups excluding tert-OH is 2. The fraction of sp³-hybridized carbons (Fsp3) is 0.667. The molecule has 0 saturated heterocycles. The topological polar surface area (TPSA) is 115 Å². The number of carbonyl (C=O) groups is 2. The van der Waals surface area contributed by atoms with E-state index >= 15 is 0 Å². The molecule has 2 bridgehead atoms. The molecule has 132 valence electrons. The van der Waals surface area contributed by atoms with Crippen LogP contribution in [0.15, 0.2) is 24.3 Å². The highest BCUT2D eigenvalue weighted by atomic mass is 16.4. The van der Waals surface area contributed by atoms with Crippen LogP contribution in [0, 0.1) is 28.1 Å². The van der Waals surface area contributed by atoms with Crippen LogP contribution in [0.1, 0.15) is 32.1 Å². The van der Waals surface area contributed by atoms with Crippen LogP contribution >= 0.6 is 0 Å². The van der Waals surface area contributed by atoms with E-state index in [1.165, 1.54) is 0 Å². The lowest BCUT2D eigenvalue weighted by molar-refractivity contribution is -0.133. The van der Waals surface area contributed by atoms with Crippen molar-refractivity contribution < 1.29 is 30.0 Å². The van der Waals surface area contributed by atoms with Gasteiger partial charge in [0.15, 0.2) is 0 Å². The molecular weight excluding hydrogens is 312 g/mol. The molecule has 4 N–H and O–H groups in total. The Morgan fingerprint density at radius 1 is 0.958 bits per heavy atom. The van der Waals surface area contributed by atoms with Crippen molar-refractivity contribution in [2.24, 2.45) is 28.1 Å². The van der Waals surface area contributed by atoms with Gasteiger partial charge in [0, 0.05) is 23.0 Å². The highest BCUT2D eigenvalue weighted by Crippen LogP contribution is 2.78. The molecule has 0 heterocycles. The van der Waals surface area contributed by atoms with Crippen molar-refractivity contribution in [3.8, 4) is 0 Å². The van der Waals surface area contributed by atoms with Crippen molar-refractivity contribution >= 4 is 11.9 Å². The Bertz CT molecular complexity index is 605. The third-order valence-corrected chi connectivity index (χ3v) is 7.02. The number of fused-ring (bicyclic) bond motifs is 5. The summed E-state index contributed by atoms with van der Waals surface area (Å²) in [5.41, 5.74) is -2.05. The Morgan fingerprint density at radius 3 is 2.17 bits per heavy atom. The van der Waals surface area contributed by atoms with E-state index in [9.17, 15) is 19.8 Å². The minimum atomic E-state index is -1.07. The predicted octanol–water partition coefficient (Wildman–Crippen LogP) is 1.44. The SMILES string of the molecule is O=C(O)C=CC12CCC(C1)C1CCC(CO)(CO)C12C=CC(=O)O. The van der Waals surface area contributed by atoms with Crippen molar-refractivity contribution in [3.05, 3.63) is 24.3 Å². The van der Waals surface area contributed by atoms with Crippen molar-refractivity contribution in [1.29, 1.82) is 0 Å². The van der Waals surface area contributed by atoms with Gasteiger partial charge in [0.1, 0.15) is 0 Å². The fourth-order valence-electron chi connectivity index (χ4n) is 6.26. The van der Waals surface area contributed by atoms with Crippen LogP contribution < -0.4 is 0 Å². The van der Waals surface area contributed by atoms with Gasteiger partial charge in [-0.15, -0.1) is 0 Å². The summed E-state index contributed by atoms with van der Waals surface area (Å²) in [7, 11) is 0. The van der Waals surface area contributed by atoms with E-state index in [0.29, 0.717) is 12.3 Å². The average molecular weight is 336 g/mol. The smallest absolute Gasteiger partial charge is 0.327 e. The molecule has 3 saturated carbocycles. The van der Waals surface area contributed by atoms with Gasteiger partial charge in [0.25, 0.3) is 0 Å². The highest BCUT2D eigenvalue weighted by molar-refractivity contribution is 5.81. The number of allylic oxidation sites excluding steroid dienone is 2. The minimum absolute atomic E-state index is 0.166. The second kappa shape index (κ2) is 5.70. The molecule has 0 amide bonds. The van der Waals surface area contributed by atoms with E-state index in [1.807, 2.05) is 0 Å². The van der Waals surface area contributed by atoms with E-state index in [0.717, 1.165) is 37.8 Å². The number of carboxylic acids is 2. The molecular formula is C18H24O6. The minimum Gasteiger partial charge on any atom is -0.478 e. The second-order valence-electron chi connectivity index (χ2n) is 7.61. The third-order valence-electron chi connectivity index (χ3n) is 7.02. The first-order valence-electron chi connectivity index (χ1n) is 8.42. The second-order valence-corrected chi connectivity index (χ2v) is 7.61. The van der Waals surface area contributed by atoms with Gasteiger partial charge in [-0.25, -0.2) is 9.59 Å². The fourth-order valence-corrected chi connectivity index (χ4v) is 6.26. The van der Waals surface area contributed by atoms with E-state index < -0.39 is 28.2 Å². The number of hydrogen-bond acceptors (Lipinski definition) is 4. The van der Waals surface area contributed by atoms with E-state index in [-0.39, 0.29) is 19.1 Å². The molecule has 0 aliphatic heterocycles. The Balaban J connectivity index is 2.20. The standard InChI is InChI=1S/C18H24O6/c19-10-17(11-20)6-2-13-12-1-5-16(9-12,7-3-14(21)22)18(13,17)8-4-15(23)24/h3-4,7-8,12-13,19-20H,1-2,5-6,9-11H2,(H,21,22)(H,23,24). The third kappa shape index (κ3) is 2.02. The van der Waals surface area contributed by atoms with E-state index in [1.54, 1.807) is 12.2 Å². The maximum Gasteiger partial charge on any atom is 0.327 e. The summed E-state index contributed by atoms with van der Waals surface area (Å²) in [5.74, 6) is -1.56. The molecule has 3 aliphatic rings. The normalized spacial score (nSPS) is 39.8. The van der Waals surface area contributed by atoms with Crippen LogP contribution in [0.5, 0.6) is 0 Å². The van der Waals surface area contributed by atoms with Gasteiger partial charge in [-0.05, 0) is 49.4 Å². The van der Waals surface area contributed by atoms with Gasteiger partial charge in [0.05, 0.1) is 13.2 Å². The van der Waals surface area contributed by atoms with Crippen LogP contribution in [-0.4, -0.2) is 45.6 Å². The summed E-state index contributed by atoms with van der Waals surface area (Å²) in [4.78, 5) is 22.3. The van der Waals surface area contributed by atoms with Crippen molar-refractivity contribution in [1.82, 2.24) is 0 Å². The van der Waals surface area contributed by atoms with Crippen LogP contribution in [0.2, 0.25) is 0 Å². The van der Waals surface area contributed by atoms with Gasteiger partial charge < -0.3 is 20.4 Å². The summed E-state index contributed by atoms with van der Waals surface area (Å²) >= 11 is 0. The molecule has 3 aliphatic carbocycles. The summed E-state index contributed by atoms with van der Waals surface area (Å²) in [5, 5.41) is 38.5. The van der Waals surface area contributed by atoms with Gasteiger partial charge in [-0.3, -0.25) is 0 Å². The Hall–Kier alpha value is -1.66. The molecule has 4 unspecified atom stereocenters. The molecule has 0 spiro atoms. The summed E-state index contributed by atoms with van der Waals surface area (Å²) in [6, 6.07) is 0. The highest BCUT2D eigenvalue weighted by Gasteiger charge is 2.74. The van der Waals surface area contributed by atoms with Crippen LogP contribution in [-0.2, 0) is 9.59 Å². The Morgan fingerprint density at radius 2 is 1.58 bits per heavy atom. The largest absolute Gasteiger partial charge is 0.478 e. The summed E-state index contributed by atoms with van der Waals surface area (Å²) in [6.45, 7) is -0.474. The van der Waals surface area contributed by atoms with Crippen LogP contribution in [0.4, 0.5) is 0 Å². The molecule has 4 atom stereocenters. The lowest BCUT2D eigenvalue weighted by Crippen LogP contribution is -2.53. The molecule has 6 nitrogen and oxygen atoms in total. The molecule has 6 heteroatoms. The molecule has 0 radical (unpaired) electrons. The molecule has 0 aromatic rings. The molecule has 0 aromatic carbocycles.